The third-order valence-electron chi connectivity index (χ3n) is 5.03. The average molecular weight is 307 g/mol. The van der Waals surface area contributed by atoms with Gasteiger partial charge in [-0.2, -0.15) is 0 Å². The Labute approximate surface area is 141 Å². The Morgan fingerprint density at radius 1 is 0.792 bits per heavy atom. The standard InChI is InChI=1S/C23H17N/c1-15-6-13-23(24-14-15)22-12-11-20-19-8-7-16-4-2-3-5-17(16)18(19)9-10-21(20)22/h2-10,12-14H,11H2,1H3. The molecule has 1 nitrogen and oxygen atoms in total. The van der Waals surface area contributed by atoms with E-state index in [9.17, 15) is 0 Å². The molecule has 3 aromatic carbocycles. The van der Waals surface area contributed by atoms with Crippen LogP contribution >= 0.6 is 0 Å². The molecule has 1 aliphatic carbocycles. The van der Waals surface area contributed by atoms with E-state index in [1.807, 2.05) is 6.20 Å². The van der Waals surface area contributed by atoms with Gasteiger partial charge >= 0.3 is 0 Å². The minimum absolute atomic E-state index is 0.982. The van der Waals surface area contributed by atoms with Gasteiger partial charge in [-0.05, 0) is 57.6 Å². The number of hydrogen-bond acceptors (Lipinski definition) is 1. The molecule has 5 rings (SSSR count). The first-order chi connectivity index (χ1) is 11.8. The van der Waals surface area contributed by atoms with Gasteiger partial charge in [0.15, 0.2) is 0 Å². The fraction of sp³-hybridized carbons (Fsp3) is 0.0870. The van der Waals surface area contributed by atoms with Gasteiger partial charge in [-0.15, -0.1) is 0 Å². The molecule has 1 aliphatic rings. The molecule has 0 spiro atoms. The van der Waals surface area contributed by atoms with Crippen LogP contribution < -0.4 is 0 Å². The van der Waals surface area contributed by atoms with Crippen molar-refractivity contribution in [1.82, 2.24) is 4.98 Å². The molecule has 4 aromatic rings. The summed E-state index contributed by atoms with van der Waals surface area (Å²) in [6.45, 7) is 2.08. The monoisotopic (exact) mass is 307 g/mol. The molecule has 0 saturated carbocycles. The number of benzene rings is 3. The molecule has 0 bridgehead atoms. The third kappa shape index (κ3) is 1.91. The molecule has 0 radical (unpaired) electrons. The van der Waals surface area contributed by atoms with Crippen LogP contribution in [-0.4, -0.2) is 4.98 Å². The van der Waals surface area contributed by atoms with Gasteiger partial charge in [-0.25, -0.2) is 0 Å². The lowest BCUT2D eigenvalue weighted by molar-refractivity contribution is 1.23. The Hall–Kier alpha value is -2.93. The van der Waals surface area contributed by atoms with Crippen LogP contribution in [0.15, 0.2) is 72.9 Å². The number of rotatable bonds is 1. The van der Waals surface area contributed by atoms with Crippen molar-refractivity contribution in [3.05, 3.63) is 95.3 Å². The summed E-state index contributed by atoms with van der Waals surface area (Å²) in [5.74, 6) is 0. The van der Waals surface area contributed by atoms with Gasteiger partial charge in [0.25, 0.3) is 0 Å². The molecule has 0 fully saturated rings. The summed E-state index contributed by atoms with van der Waals surface area (Å²) in [5, 5.41) is 5.35. The largest absolute Gasteiger partial charge is 0.256 e. The second-order valence-corrected chi connectivity index (χ2v) is 6.52. The zero-order valence-corrected chi connectivity index (χ0v) is 13.6. The number of aromatic nitrogens is 1. The first-order valence-electron chi connectivity index (χ1n) is 8.38. The quantitative estimate of drug-likeness (QED) is 0.412. The third-order valence-corrected chi connectivity index (χ3v) is 5.03. The van der Waals surface area contributed by atoms with Crippen LogP contribution in [0.3, 0.4) is 0 Å². The van der Waals surface area contributed by atoms with Crippen molar-refractivity contribution < 1.29 is 0 Å². The van der Waals surface area contributed by atoms with Gasteiger partial charge in [0, 0.05) is 11.8 Å². The molecule has 0 N–H and O–H groups in total. The Morgan fingerprint density at radius 2 is 1.67 bits per heavy atom. The Morgan fingerprint density at radius 3 is 2.54 bits per heavy atom. The van der Waals surface area contributed by atoms with Crippen LogP contribution in [0.25, 0.3) is 27.1 Å². The topological polar surface area (TPSA) is 12.9 Å². The van der Waals surface area contributed by atoms with E-state index in [2.05, 4.69) is 78.6 Å². The number of fused-ring (bicyclic) bond motifs is 5. The van der Waals surface area contributed by atoms with Crippen molar-refractivity contribution in [3.63, 3.8) is 0 Å². The minimum atomic E-state index is 0.982. The van der Waals surface area contributed by atoms with Crippen molar-refractivity contribution in [2.45, 2.75) is 13.3 Å². The molecule has 1 heterocycles. The molecular weight excluding hydrogens is 290 g/mol. The first kappa shape index (κ1) is 13.5. The summed E-state index contributed by atoms with van der Waals surface area (Å²) >= 11 is 0. The molecule has 1 aromatic heterocycles. The van der Waals surface area contributed by atoms with E-state index in [4.69, 9.17) is 0 Å². The van der Waals surface area contributed by atoms with Gasteiger partial charge in [0.1, 0.15) is 0 Å². The molecule has 0 amide bonds. The molecule has 0 atom stereocenters. The average Bonchev–Trinajstić information content (AvgIpc) is 3.06. The van der Waals surface area contributed by atoms with Gasteiger partial charge in [0.2, 0.25) is 0 Å². The Kier molecular flexibility index (Phi) is 2.83. The maximum Gasteiger partial charge on any atom is 0.0705 e. The number of pyridine rings is 1. The van der Waals surface area contributed by atoms with Gasteiger partial charge < -0.3 is 0 Å². The summed E-state index contributed by atoms with van der Waals surface area (Å²) in [7, 11) is 0. The summed E-state index contributed by atoms with van der Waals surface area (Å²) in [6.07, 6.45) is 5.25. The van der Waals surface area contributed by atoms with E-state index >= 15 is 0 Å². The summed E-state index contributed by atoms with van der Waals surface area (Å²) in [6, 6.07) is 21.9. The number of hydrogen-bond donors (Lipinski definition) is 0. The second-order valence-electron chi connectivity index (χ2n) is 6.52. The molecule has 0 unspecified atom stereocenters. The fourth-order valence-electron chi connectivity index (χ4n) is 3.81. The number of aryl methyl sites for hydroxylation is 1. The highest BCUT2D eigenvalue weighted by molar-refractivity contribution is 6.10. The Bertz CT molecular complexity index is 1120. The number of nitrogens with zero attached hydrogens (tertiary/aromatic N) is 1. The molecule has 114 valence electrons. The van der Waals surface area contributed by atoms with Crippen molar-refractivity contribution in [3.8, 4) is 0 Å². The SMILES string of the molecule is Cc1ccc(C2=CCc3c2ccc2c3ccc3ccccc32)nc1. The highest BCUT2D eigenvalue weighted by Crippen LogP contribution is 2.38. The maximum absolute atomic E-state index is 4.62. The second kappa shape index (κ2) is 5.04. The maximum atomic E-state index is 4.62. The van der Waals surface area contributed by atoms with Crippen LogP contribution in [0.5, 0.6) is 0 Å². The van der Waals surface area contributed by atoms with E-state index in [1.54, 1.807) is 0 Å². The highest BCUT2D eigenvalue weighted by Gasteiger charge is 2.19. The molecule has 0 aliphatic heterocycles. The van der Waals surface area contributed by atoms with Gasteiger partial charge in [0.05, 0.1) is 5.69 Å². The first-order valence-corrected chi connectivity index (χ1v) is 8.38. The predicted molar refractivity (Wildman–Crippen MR) is 101 cm³/mol. The normalized spacial score (nSPS) is 13.3. The molecule has 1 heteroatoms. The molecule has 24 heavy (non-hydrogen) atoms. The molecule has 0 saturated heterocycles. The minimum Gasteiger partial charge on any atom is -0.256 e. The summed E-state index contributed by atoms with van der Waals surface area (Å²) in [4.78, 5) is 4.62. The lowest BCUT2D eigenvalue weighted by Crippen LogP contribution is -1.92. The Balaban J connectivity index is 1.73. The number of allylic oxidation sites excluding steroid dienone is 1. The highest BCUT2D eigenvalue weighted by atomic mass is 14.7. The van der Waals surface area contributed by atoms with E-state index in [0.717, 1.165) is 12.1 Å². The van der Waals surface area contributed by atoms with Crippen LogP contribution in [0, 0.1) is 6.92 Å². The zero-order valence-electron chi connectivity index (χ0n) is 13.6. The van der Waals surface area contributed by atoms with E-state index in [1.165, 1.54) is 43.8 Å². The van der Waals surface area contributed by atoms with E-state index < -0.39 is 0 Å². The molecular formula is C23H17N. The van der Waals surface area contributed by atoms with Crippen molar-refractivity contribution >= 4 is 27.1 Å². The fourth-order valence-corrected chi connectivity index (χ4v) is 3.81. The van der Waals surface area contributed by atoms with Crippen LogP contribution in [0.2, 0.25) is 0 Å². The van der Waals surface area contributed by atoms with Crippen molar-refractivity contribution in [2.75, 3.05) is 0 Å². The van der Waals surface area contributed by atoms with Crippen LogP contribution in [0.1, 0.15) is 22.4 Å². The van der Waals surface area contributed by atoms with Gasteiger partial charge in [-0.3, -0.25) is 4.98 Å². The van der Waals surface area contributed by atoms with Crippen molar-refractivity contribution in [2.24, 2.45) is 0 Å². The lowest BCUT2D eigenvalue weighted by atomic mass is 9.94. The zero-order chi connectivity index (χ0) is 16.1. The van der Waals surface area contributed by atoms with Crippen molar-refractivity contribution in [1.29, 1.82) is 0 Å². The smallest absolute Gasteiger partial charge is 0.0705 e. The van der Waals surface area contributed by atoms with E-state index in [0.29, 0.717) is 0 Å². The van der Waals surface area contributed by atoms with Gasteiger partial charge in [-0.1, -0.05) is 60.7 Å². The summed E-state index contributed by atoms with van der Waals surface area (Å²) < 4.78 is 0. The van der Waals surface area contributed by atoms with Crippen LogP contribution in [-0.2, 0) is 6.42 Å². The summed E-state index contributed by atoms with van der Waals surface area (Å²) in [5.41, 5.74) is 6.28. The van der Waals surface area contributed by atoms with Crippen LogP contribution in [0.4, 0.5) is 0 Å². The lowest BCUT2D eigenvalue weighted by Gasteiger charge is -2.11. The predicted octanol–water partition coefficient (Wildman–Crippen LogP) is 5.68. The van der Waals surface area contributed by atoms with E-state index in [-0.39, 0.29) is 0 Å².